The molecule has 350 valence electrons. The van der Waals surface area contributed by atoms with Crippen LogP contribution in [0.1, 0.15) is 36.1 Å². The highest BCUT2D eigenvalue weighted by atomic mass is 35.5. The van der Waals surface area contributed by atoms with Gasteiger partial charge in [-0.1, -0.05) is 12.1 Å². The topological polar surface area (TPSA) is 297 Å². The molecule has 0 radical (unpaired) electrons. The van der Waals surface area contributed by atoms with Gasteiger partial charge in [0.1, 0.15) is 45.6 Å². The third-order valence-corrected chi connectivity index (χ3v) is 11.0. The van der Waals surface area contributed by atoms with Gasteiger partial charge in [-0.3, -0.25) is 18.8 Å². The number of aryl methyl sites for hydroxylation is 2. The first-order chi connectivity index (χ1) is 31.5. The van der Waals surface area contributed by atoms with Crippen molar-refractivity contribution in [1.82, 2.24) is 29.5 Å². The van der Waals surface area contributed by atoms with Crippen LogP contribution in [0.25, 0.3) is 33.1 Å². The van der Waals surface area contributed by atoms with Gasteiger partial charge in [-0.2, -0.15) is 0 Å². The molecular weight excluding hydrogens is 933 g/mol. The molecule has 19 nitrogen and oxygen atoms in total. The lowest BCUT2D eigenvalue weighted by Gasteiger charge is -2.12. The SMILES string of the molecule is COC(=O)CC(=O)Cl.COC(=O)Cc1nc2cnc3nc(C)ccc3c2n1Cc1ccc(S(N)(=O)=O)c(F)c1.Cc1ccc2c(NCc3ccc(S(N)(=O)=O)c(F)c3)c(N)cnc2n1.[2H]CF. The first-order valence-electron chi connectivity index (χ1n) is 19.4. The summed E-state index contributed by atoms with van der Waals surface area (Å²) in [5, 5.41) is 13.9. The van der Waals surface area contributed by atoms with E-state index in [1.54, 1.807) is 10.8 Å². The molecule has 0 saturated heterocycles. The Labute approximate surface area is 382 Å². The van der Waals surface area contributed by atoms with E-state index >= 15 is 0 Å². The van der Waals surface area contributed by atoms with Crippen LogP contribution in [-0.2, 0) is 63.4 Å². The van der Waals surface area contributed by atoms with Gasteiger partial charge in [0.25, 0.3) is 0 Å². The normalized spacial score (nSPS) is 11.3. The minimum atomic E-state index is -4.18. The van der Waals surface area contributed by atoms with Gasteiger partial charge in [0.2, 0.25) is 25.3 Å². The fraction of sp³-hybridized carbons (Fsp3) is 0.220. The molecule has 66 heavy (non-hydrogen) atoms. The number of nitrogens with two attached hydrogens (primary N) is 3. The summed E-state index contributed by atoms with van der Waals surface area (Å²) in [4.78, 5) is 52.6. The minimum absolute atomic E-state index is 0.107. The number of carbonyl (C=O) groups excluding carboxylic acids is 3. The van der Waals surface area contributed by atoms with Crippen LogP contribution in [0.3, 0.4) is 0 Å². The van der Waals surface area contributed by atoms with Crippen LogP contribution in [0.2, 0.25) is 0 Å². The highest BCUT2D eigenvalue weighted by Crippen LogP contribution is 2.29. The predicted molar refractivity (Wildman–Crippen MR) is 238 cm³/mol. The van der Waals surface area contributed by atoms with Crippen LogP contribution in [0.5, 0.6) is 0 Å². The van der Waals surface area contributed by atoms with Crippen LogP contribution < -0.4 is 21.3 Å². The molecule has 0 atom stereocenters. The number of aromatic nitrogens is 6. The van der Waals surface area contributed by atoms with Crippen molar-refractivity contribution in [2.24, 2.45) is 10.3 Å². The monoisotopic (exact) mass is 975 g/mol. The molecule has 0 saturated carbocycles. The number of halogens is 4. The van der Waals surface area contributed by atoms with Gasteiger partial charge >= 0.3 is 11.9 Å². The van der Waals surface area contributed by atoms with E-state index in [1.165, 1.54) is 32.5 Å². The smallest absolute Gasteiger partial charge is 0.314 e. The number of fused-ring (bicyclic) bond motifs is 4. The average Bonchev–Trinajstić information content (AvgIpc) is 3.59. The number of primary sulfonamides is 2. The molecule has 0 aliphatic heterocycles. The van der Waals surface area contributed by atoms with Crippen molar-refractivity contribution in [3.8, 4) is 0 Å². The Morgan fingerprint density at radius 1 is 0.788 bits per heavy atom. The lowest BCUT2D eigenvalue weighted by atomic mass is 10.1. The average molecular weight is 976 g/mol. The Bertz CT molecular complexity index is 3210. The molecule has 25 heteroatoms. The standard InChI is InChI=1S/C20H18FN5O4S.C16H16FN5O2S.C4H5ClO3.CH3F/c1-11-3-5-13-19-15(9-23-20(13)24-11)25-17(8-18(27)30-2)26(19)10-12-4-6-16(14(21)7-12)31(22,28)29;1-9-2-4-11-15(13(18)8-21-16(11)22-9)20-7-10-3-5-14(12(17)6-10)25(19,23)24;1-8-4(7)2-3(5)6;1-2/h3-7,9H,8,10H2,1-2H3,(H2,22,28,29);2-6,8H,7,18H2,1H3,(H2,19,23,24)(H,20,21,22);2H2,1H3;1H3/i;;;1D. The number of hydrogen-bond acceptors (Lipinski definition) is 16. The van der Waals surface area contributed by atoms with E-state index in [0.29, 0.717) is 56.0 Å². The highest BCUT2D eigenvalue weighted by Gasteiger charge is 2.20. The first kappa shape index (κ1) is 50.1. The number of nitrogen functional groups attached to an aromatic ring is 1. The Balaban J connectivity index is 0.000000243. The zero-order valence-corrected chi connectivity index (χ0v) is 37.8. The molecule has 0 aliphatic rings. The number of rotatable bonds is 11. The number of hydrogen-bond donors (Lipinski definition) is 4. The third-order valence-electron chi connectivity index (χ3n) is 9.01. The fourth-order valence-corrected chi connectivity index (χ4v) is 7.34. The van der Waals surface area contributed by atoms with Crippen LogP contribution in [0, 0.1) is 25.5 Å². The number of nitrogens with one attached hydrogen (secondary N) is 1. The van der Waals surface area contributed by atoms with Gasteiger partial charge in [-0.05, 0) is 85.1 Å². The summed E-state index contributed by atoms with van der Waals surface area (Å²) in [6.07, 6.45) is 2.61. The van der Waals surface area contributed by atoms with E-state index < -0.39 is 65.8 Å². The molecule has 0 unspecified atom stereocenters. The maximum absolute atomic E-state index is 14.4. The van der Waals surface area contributed by atoms with Crippen LogP contribution in [0.15, 0.2) is 82.8 Å². The second-order valence-corrected chi connectivity index (χ2v) is 17.2. The number of nitrogens with zero attached hydrogens (tertiary/aromatic N) is 6. The summed E-state index contributed by atoms with van der Waals surface area (Å²) < 4.78 is 99.9. The van der Waals surface area contributed by atoms with Gasteiger partial charge < -0.3 is 25.1 Å². The molecular formula is C41H42ClF3N10O9S2. The van der Waals surface area contributed by atoms with E-state index in [-0.39, 0.29) is 25.9 Å². The molecule has 0 bridgehead atoms. The van der Waals surface area contributed by atoms with Gasteiger partial charge in [0, 0.05) is 35.2 Å². The number of carbonyl (C=O) groups is 3. The van der Waals surface area contributed by atoms with Crippen molar-refractivity contribution < 1.29 is 55.2 Å². The number of anilines is 2. The molecule has 7 aromatic rings. The first-order valence-corrected chi connectivity index (χ1v) is 22.1. The van der Waals surface area contributed by atoms with Crippen LogP contribution in [0.4, 0.5) is 24.5 Å². The van der Waals surface area contributed by atoms with Crippen molar-refractivity contribution in [1.29, 1.82) is 0 Å². The molecule has 7 rings (SSSR count). The second-order valence-electron chi connectivity index (χ2n) is 13.7. The number of alkyl halides is 1. The summed E-state index contributed by atoms with van der Waals surface area (Å²) in [5.41, 5.74) is 11.9. The summed E-state index contributed by atoms with van der Waals surface area (Å²) in [6, 6.07) is 14.8. The maximum Gasteiger partial charge on any atom is 0.314 e. The lowest BCUT2D eigenvalue weighted by molar-refractivity contribution is -0.142. The molecule has 0 aliphatic carbocycles. The molecule has 0 spiro atoms. The summed E-state index contributed by atoms with van der Waals surface area (Å²) in [7, 11) is -6.79. The lowest BCUT2D eigenvalue weighted by Crippen LogP contribution is -2.15. The van der Waals surface area contributed by atoms with Gasteiger partial charge in [0.15, 0.2) is 11.3 Å². The number of pyridine rings is 4. The number of ether oxygens (including phenoxy) is 2. The zero-order valence-electron chi connectivity index (χ0n) is 36.4. The Hall–Kier alpha value is -6.86. The van der Waals surface area contributed by atoms with E-state index in [4.69, 9.17) is 33.7 Å². The van der Waals surface area contributed by atoms with Crippen molar-refractivity contribution in [3.63, 3.8) is 0 Å². The molecule has 5 heterocycles. The van der Waals surface area contributed by atoms with E-state index in [9.17, 15) is 44.4 Å². The summed E-state index contributed by atoms with van der Waals surface area (Å²) in [5.74, 6) is -2.55. The van der Waals surface area contributed by atoms with Crippen molar-refractivity contribution >= 4 is 93.3 Å². The second kappa shape index (κ2) is 22.4. The summed E-state index contributed by atoms with van der Waals surface area (Å²) in [6.45, 7) is 4.07. The number of imidazole rings is 1. The number of sulfonamides is 2. The minimum Gasteiger partial charge on any atom is -0.469 e. The molecule has 7 N–H and O–H groups in total. The third kappa shape index (κ3) is 13.4. The Kier molecular flexibility index (Phi) is 17.0. The Morgan fingerprint density at radius 2 is 1.30 bits per heavy atom. The van der Waals surface area contributed by atoms with Crippen molar-refractivity contribution in [2.45, 2.75) is 49.6 Å². The molecule has 0 amide bonds. The van der Waals surface area contributed by atoms with E-state index in [1.807, 2.05) is 38.1 Å². The zero-order chi connectivity index (χ0) is 49.8. The van der Waals surface area contributed by atoms with Gasteiger partial charge in [-0.25, -0.2) is 60.8 Å². The van der Waals surface area contributed by atoms with E-state index in [2.05, 4.69) is 35.0 Å². The quantitative estimate of drug-likeness (QED) is 0.0779. The van der Waals surface area contributed by atoms with Crippen molar-refractivity contribution in [2.75, 3.05) is 32.4 Å². The molecule has 5 aromatic heterocycles. The number of esters is 2. The van der Waals surface area contributed by atoms with Gasteiger partial charge in [-0.15, -0.1) is 0 Å². The number of methoxy groups -OCH3 is 2. The van der Waals surface area contributed by atoms with Crippen LogP contribution in [-0.4, -0.2) is 84.9 Å². The maximum atomic E-state index is 14.4. The molecule has 0 fully saturated rings. The number of benzene rings is 2. The van der Waals surface area contributed by atoms with Crippen LogP contribution >= 0.6 is 11.6 Å². The van der Waals surface area contributed by atoms with Gasteiger partial charge in [0.05, 0.1) is 52.0 Å². The van der Waals surface area contributed by atoms with Crippen molar-refractivity contribution in [3.05, 3.63) is 113 Å². The highest BCUT2D eigenvalue weighted by molar-refractivity contribution is 7.89. The van der Waals surface area contributed by atoms with E-state index in [0.717, 1.165) is 41.0 Å². The summed E-state index contributed by atoms with van der Waals surface area (Å²) >= 11 is 4.81. The molecule has 2 aromatic carbocycles. The largest absolute Gasteiger partial charge is 0.469 e. The fourth-order valence-electron chi connectivity index (χ4n) is 6.05. The predicted octanol–water partition coefficient (Wildman–Crippen LogP) is 4.66. The Morgan fingerprint density at radius 3 is 1.82 bits per heavy atom.